The molecule has 1 heterocycles. The van der Waals surface area contributed by atoms with E-state index in [4.69, 9.17) is 12.2 Å². The third-order valence-corrected chi connectivity index (χ3v) is 4.33. The fourth-order valence-electron chi connectivity index (χ4n) is 2.62. The number of hydrogen-bond donors (Lipinski definition) is 2. The summed E-state index contributed by atoms with van der Waals surface area (Å²) in [5, 5.41) is 2.93. The van der Waals surface area contributed by atoms with Crippen molar-refractivity contribution in [2.75, 3.05) is 6.54 Å². The molecule has 0 aliphatic heterocycles. The van der Waals surface area contributed by atoms with Crippen LogP contribution in [0.3, 0.4) is 0 Å². The highest BCUT2D eigenvalue weighted by atomic mass is 32.1. The monoisotopic (exact) mass is 355 g/mol. The van der Waals surface area contributed by atoms with Crippen molar-refractivity contribution in [3.8, 4) is 5.69 Å². The summed E-state index contributed by atoms with van der Waals surface area (Å²) in [5.74, 6) is -0.390. The first kappa shape index (κ1) is 17.1. The number of aromatic nitrogens is 2. The standard InChI is InChI=1S/C19H18FN3OS/c1-13(14-5-3-2-4-6-14)11-21-18(24)17-12-22-19(25)23(17)16-9-7-15(20)8-10-16/h2-10,12-13H,11H2,1H3,(H,21,24)(H,22,25). The van der Waals surface area contributed by atoms with E-state index in [1.54, 1.807) is 22.9 Å². The predicted molar refractivity (Wildman–Crippen MR) is 98.1 cm³/mol. The number of carbonyl (C=O) groups excluding carboxylic acids is 1. The number of hydrogen-bond acceptors (Lipinski definition) is 2. The number of halogens is 1. The lowest BCUT2D eigenvalue weighted by molar-refractivity contribution is 0.0944. The molecular weight excluding hydrogens is 337 g/mol. The molecule has 0 fully saturated rings. The number of imidazole rings is 1. The molecule has 2 N–H and O–H groups in total. The summed E-state index contributed by atoms with van der Waals surface area (Å²) in [6.45, 7) is 2.56. The van der Waals surface area contributed by atoms with Crippen molar-refractivity contribution in [3.05, 3.63) is 82.6 Å². The summed E-state index contributed by atoms with van der Waals surface area (Å²) in [6.07, 6.45) is 1.56. The van der Waals surface area contributed by atoms with Crippen molar-refractivity contribution in [2.45, 2.75) is 12.8 Å². The van der Waals surface area contributed by atoms with Crippen LogP contribution in [0.5, 0.6) is 0 Å². The molecule has 0 bridgehead atoms. The smallest absolute Gasteiger partial charge is 0.269 e. The van der Waals surface area contributed by atoms with E-state index < -0.39 is 0 Å². The molecule has 0 saturated heterocycles. The lowest BCUT2D eigenvalue weighted by Crippen LogP contribution is -2.29. The van der Waals surface area contributed by atoms with Gasteiger partial charge in [0.15, 0.2) is 4.77 Å². The molecule has 0 spiro atoms. The third-order valence-electron chi connectivity index (χ3n) is 4.03. The molecule has 0 radical (unpaired) electrons. The summed E-state index contributed by atoms with van der Waals surface area (Å²) in [6, 6.07) is 15.8. The quantitative estimate of drug-likeness (QED) is 0.674. The van der Waals surface area contributed by atoms with Gasteiger partial charge in [-0.25, -0.2) is 4.39 Å². The van der Waals surface area contributed by atoms with Gasteiger partial charge in [0.1, 0.15) is 11.5 Å². The van der Waals surface area contributed by atoms with Crippen molar-refractivity contribution >= 4 is 18.1 Å². The van der Waals surface area contributed by atoms with Crippen molar-refractivity contribution in [1.82, 2.24) is 14.9 Å². The fraction of sp³-hybridized carbons (Fsp3) is 0.158. The number of nitrogens with zero attached hydrogens (tertiary/aromatic N) is 1. The van der Waals surface area contributed by atoms with Gasteiger partial charge in [0.05, 0.1) is 0 Å². The van der Waals surface area contributed by atoms with E-state index in [2.05, 4.69) is 17.2 Å². The Morgan fingerprint density at radius 3 is 2.56 bits per heavy atom. The molecule has 6 heteroatoms. The topological polar surface area (TPSA) is 49.8 Å². The molecule has 128 valence electrons. The summed E-state index contributed by atoms with van der Waals surface area (Å²) in [4.78, 5) is 15.5. The van der Waals surface area contributed by atoms with E-state index in [1.165, 1.54) is 12.1 Å². The zero-order valence-corrected chi connectivity index (χ0v) is 14.5. The van der Waals surface area contributed by atoms with E-state index in [1.807, 2.05) is 30.3 Å². The number of benzene rings is 2. The van der Waals surface area contributed by atoms with Crippen LogP contribution in [-0.4, -0.2) is 22.0 Å². The minimum Gasteiger partial charge on any atom is -0.350 e. The van der Waals surface area contributed by atoms with E-state index in [9.17, 15) is 9.18 Å². The Morgan fingerprint density at radius 1 is 1.20 bits per heavy atom. The first-order chi connectivity index (χ1) is 12.1. The molecular formula is C19H18FN3OS. The molecule has 2 aromatic carbocycles. The maximum atomic E-state index is 13.1. The van der Waals surface area contributed by atoms with Gasteiger partial charge in [-0.1, -0.05) is 37.3 Å². The van der Waals surface area contributed by atoms with Gasteiger partial charge in [-0.2, -0.15) is 0 Å². The van der Waals surface area contributed by atoms with Gasteiger partial charge in [-0.05, 0) is 48.0 Å². The molecule has 0 saturated carbocycles. The first-order valence-electron chi connectivity index (χ1n) is 7.96. The van der Waals surface area contributed by atoms with Gasteiger partial charge < -0.3 is 10.3 Å². The first-order valence-corrected chi connectivity index (χ1v) is 8.36. The highest BCUT2D eigenvalue weighted by Crippen LogP contribution is 2.16. The zero-order valence-electron chi connectivity index (χ0n) is 13.7. The Bertz CT molecular complexity index is 916. The molecule has 1 unspecified atom stereocenters. The van der Waals surface area contributed by atoms with Gasteiger partial charge in [0.25, 0.3) is 5.91 Å². The van der Waals surface area contributed by atoms with Gasteiger partial charge in [0, 0.05) is 18.4 Å². The molecule has 3 aromatic rings. The van der Waals surface area contributed by atoms with Crippen LogP contribution in [0.2, 0.25) is 0 Å². The van der Waals surface area contributed by atoms with Crippen molar-refractivity contribution in [3.63, 3.8) is 0 Å². The maximum absolute atomic E-state index is 13.1. The maximum Gasteiger partial charge on any atom is 0.269 e. The van der Waals surface area contributed by atoms with Crippen molar-refractivity contribution in [2.24, 2.45) is 0 Å². The van der Waals surface area contributed by atoms with Crippen LogP contribution in [0.15, 0.2) is 60.8 Å². The average Bonchev–Trinajstić information content (AvgIpc) is 3.02. The van der Waals surface area contributed by atoms with Crippen LogP contribution < -0.4 is 5.32 Å². The summed E-state index contributed by atoms with van der Waals surface area (Å²) in [5.41, 5.74) is 2.18. The zero-order chi connectivity index (χ0) is 17.8. The molecule has 3 rings (SSSR count). The second-order valence-corrected chi connectivity index (χ2v) is 6.20. The number of nitrogens with one attached hydrogen (secondary N) is 2. The molecule has 1 amide bonds. The van der Waals surface area contributed by atoms with Crippen LogP contribution in [0.4, 0.5) is 4.39 Å². The van der Waals surface area contributed by atoms with Gasteiger partial charge in [-0.3, -0.25) is 9.36 Å². The Morgan fingerprint density at radius 2 is 1.88 bits per heavy atom. The number of rotatable bonds is 5. The SMILES string of the molecule is CC(CNC(=O)c1c[nH]c(=S)n1-c1ccc(F)cc1)c1ccccc1. The number of aromatic amines is 1. The minimum absolute atomic E-state index is 0.186. The van der Waals surface area contributed by atoms with Crippen LogP contribution in [0.1, 0.15) is 28.9 Å². The molecule has 1 atom stereocenters. The minimum atomic E-state index is -0.339. The second-order valence-electron chi connectivity index (χ2n) is 5.81. The van der Waals surface area contributed by atoms with Crippen LogP contribution in [0, 0.1) is 10.6 Å². The molecule has 25 heavy (non-hydrogen) atoms. The third kappa shape index (κ3) is 3.85. The average molecular weight is 355 g/mol. The summed E-state index contributed by atoms with van der Waals surface area (Å²) >= 11 is 5.25. The Labute approximate surface area is 150 Å². The number of H-pyrrole nitrogens is 1. The van der Waals surface area contributed by atoms with E-state index in [0.29, 0.717) is 22.7 Å². The largest absolute Gasteiger partial charge is 0.350 e. The van der Waals surface area contributed by atoms with E-state index in [-0.39, 0.29) is 17.6 Å². The predicted octanol–water partition coefficient (Wildman–Crippen LogP) is 4.21. The molecule has 0 aliphatic carbocycles. The highest BCUT2D eigenvalue weighted by molar-refractivity contribution is 7.71. The van der Waals surface area contributed by atoms with Gasteiger partial charge in [-0.15, -0.1) is 0 Å². The van der Waals surface area contributed by atoms with Crippen LogP contribution >= 0.6 is 12.2 Å². The van der Waals surface area contributed by atoms with E-state index >= 15 is 0 Å². The fourth-order valence-corrected chi connectivity index (χ4v) is 2.88. The molecule has 0 aliphatic rings. The summed E-state index contributed by atoms with van der Waals surface area (Å²) in [7, 11) is 0. The lowest BCUT2D eigenvalue weighted by atomic mass is 10.0. The highest BCUT2D eigenvalue weighted by Gasteiger charge is 2.15. The van der Waals surface area contributed by atoms with Crippen molar-refractivity contribution in [1.29, 1.82) is 0 Å². The van der Waals surface area contributed by atoms with Crippen LogP contribution in [-0.2, 0) is 0 Å². The molecule has 4 nitrogen and oxygen atoms in total. The van der Waals surface area contributed by atoms with Gasteiger partial charge >= 0.3 is 0 Å². The Kier molecular flexibility index (Phi) is 5.09. The van der Waals surface area contributed by atoms with E-state index in [0.717, 1.165) is 5.56 Å². The normalized spacial score (nSPS) is 11.9. The number of amides is 1. The van der Waals surface area contributed by atoms with Crippen molar-refractivity contribution < 1.29 is 9.18 Å². The Balaban J connectivity index is 1.77. The van der Waals surface area contributed by atoms with Crippen LogP contribution in [0.25, 0.3) is 5.69 Å². The second kappa shape index (κ2) is 7.44. The van der Waals surface area contributed by atoms with Gasteiger partial charge in [0.2, 0.25) is 0 Å². The molecule has 1 aromatic heterocycles. The Hall–Kier alpha value is -2.73. The summed E-state index contributed by atoms with van der Waals surface area (Å²) < 4.78 is 15.1. The number of carbonyl (C=O) groups is 1. The lowest BCUT2D eigenvalue weighted by Gasteiger charge is -2.14.